The van der Waals surface area contributed by atoms with Crippen LogP contribution in [0.15, 0.2) is 45.9 Å². The number of hydrogen-bond donors (Lipinski definition) is 1. The molecule has 0 spiro atoms. The lowest BCUT2D eigenvalue weighted by atomic mass is 10.1. The molecule has 0 saturated carbocycles. The second-order valence-corrected chi connectivity index (χ2v) is 4.70. The molecule has 0 aliphatic carbocycles. The van der Waals surface area contributed by atoms with Gasteiger partial charge in [-0.15, -0.1) is 0 Å². The highest BCUT2D eigenvalue weighted by Crippen LogP contribution is 2.30. The molecule has 5 nitrogen and oxygen atoms in total. The highest BCUT2D eigenvalue weighted by Gasteiger charge is 2.19. The van der Waals surface area contributed by atoms with Gasteiger partial charge in [-0.3, -0.25) is 4.55 Å². The van der Waals surface area contributed by atoms with E-state index in [0.717, 1.165) is 0 Å². The SMILES string of the molecule is COc1ccc(-c2ccco2)c(S(=O)(=O)O)c1. The summed E-state index contributed by atoms with van der Waals surface area (Å²) in [6.07, 6.45) is 1.42. The van der Waals surface area contributed by atoms with E-state index in [1.807, 2.05) is 0 Å². The van der Waals surface area contributed by atoms with Crippen molar-refractivity contribution < 1.29 is 22.1 Å². The number of methoxy groups -OCH3 is 1. The number of benzene rings is 1. The molecule has 0 aliphatic heterocycles. The van der Waals surface area contributed by atoms with Crippen molar-refractivity contribution in [1.82, 2.24) is 0 Å². The molecule has 0 radical (unpaired) electrons. The first-order chi connectivity index (χ1) is 8.02. The smallest absolute Gasteiger partial charge is 0.295 e. The maximum absolute atomic E-state index is 11.3. The Morgan fingerprint density at radius 2 is 2.06 bits per heavy atom. The van der Waals surface area contributed by atoms with E-state index < -0.39 is 10.1 Å². The highest BCUT2D eigenvalue weighted by atomic mass is 32.2. The maximum Gasteiger partial charge on any atom is 0.295 e. The molecular formula is C11H10O5S. The van der Waals surface area contributed by atoms with E-state index in [0.29, 0.717) is 17.1 Å². The average molecular weight is 254 g/mol. The summed E-state index contributed by atoms with van der Waals surface area (Å²) in [5.41, 5.74) is 0.290. The molecule has 0 atom stereocenters. The minimum absolute atomic E-state index is 0.244. The summed E-state index contributed by atoms with van der Waals surface area (Å²) in [5.74, 6) is 0.702. The lowest BCUT2D eigenvalue weighted by molar-refractivity contribution is 0.412. The molecule has 6 heteroatoms. The molecule has 2 rings (SSSR count). The predicted octanol–water partition coefficient (Wildman–Crippen LogP) is 2.20. The third-order valence-corrected chi connectivity index (χ3v) is 3.15. The van der Waals surface area contributed by atoms with Gasteiger partial charge in [0.25, 0.3) is 10.1 Å². The van der Waals surface area contributed by atoms with Gasteiger partial charge < -0.3 is 9.15 Å². The van der Waals surface area contributed by atoms with Crippen LogP contribution in [0.4, 0.5) is 0 Å². The molecule has 0 aliphatic rings. The number of hydrogen-bond acceptors (Lipinski definition) is 4. The Morgan fingerprint density at radius 3 is 2.59 bits per heavy atom. The first-order valence-corrected chi connectivity index (χ1v) is 6.16. The third kappa shape index (κ3) is 2.32. The molecule has 1 heterocycles. The third-order valence-electron chi connectivity index (χ3n) is 2.25. The number of furan rings is 1. The lowest BCUT2D eigenvalue weighted by Crippen LogP contribution is -2.01. The van der Waals surface area contributed by atoms with Gasteiger partial charge >= 0.3 is 0 Å². The van der Waals surface area contributed by atoms with E-state index in [9.17, 15) is 8.42 Å². The molecule has 0 amide bonds. The largest absolute Gasteiger partial charge is 0.497 e. The monoisotopic (exact) mass is 254 g/mol. The van der Waals surface area contributed by atoms with Gasteiger partial charge in [-0.05, 0) is 24.3 Å². The van der Waals surface area contributed by atoms with Crippen LogP contribution in [0, 0.1) is 0 Å². The quantitative estimate of drug-likeness (QED) is 0.850. The van der Waals surface area contributed by atoms with Crippen molar-refractivity contribution in [3.63, 3.8) is 0 Å². The number of rotatable bonds is 3. The van der Waals surface area contributed by atoms with Gasteiger partial charge in [0.2, 0.25) is 0 Å². The molecule has 2 aromatic rings. The predicted molar refractivity (Wildman–Crippen MR) is 60.5 cm³/mol. The molecule has 0 unspecified atom stereocenters. The van der Waals surface area contributed by atoms with Crippen molar-refractivity contribution >= 4 is 10.1 Å². The van der Waals surface area contributed by atoms with Crippen LogP contribution in [0.1, 0.15) is 0 Å². The summed E-state index contributed by atoms with van der Waals surface area (Å²) in [5, 5.41) is 0. The first kappa shape index (κ1) is 11.7. The van der Waals surface area contributed by atoms with Crippen molar-refractivity contribution in [2.45, 2.75) is 4.90 Å². The highest BCUT2D eigenvalue weighted by molar-refractivity contribution is 7.86. The number of ether oxygens (including phenoxy) is 1. The summed E-state index contributed by atoms with van der Waals surface area (Å²) in [7, 11) is -2.92. The van der Waals surface area contributed by atoms with Crippen LogP contribution in [-0.2, 0) is 10.1 Å². The van der Waals surface area contributed by atoms with Crippen LogP contribution in [0.2, 0.25) is 0 Å². The lowest BCUT2D eigenvalue weighted by Gasteiger charge is -2.07. The zero-order valence-corrected chi connectivity index (χ0v) is 9.77. The fraction of sp³-hybridized carbons (Fsp3) is 0.0909. The molecular weight excluding hydrogens is 244 g/mol. The zero-order valence-electron chi connectivity index (χ0n) is 8.95. The molecule has 1 aromatic heterocycles. The van der Waals surface area contributed by atoms with E-state index in [1.54, 1.807) is 18.2 Å². The molecule has 90 valence electrons. The Balaban J connectivity index is 2.68. The van der Waals surface area contributed by atoms with Crippen LogP contribution in [0.25, 0.3) is 11.3 Å². The standard InChI is InChI=1S/C11H10O5S/c1-15-8-4-5-9(10-3-2-6-16-10)11(7-8)17(12,13)14/h2-7H,1H3,(H,12,13,14). The Labute approximate surface area is 98.4 Å². The van der Waals surface area contributed by atoms with Gasteiger partial charge in [-0.25, -0.2) is 0 Å². The van der Waals surface area contributed by atoms with Gasteiger partial charge in [0, 0.05) is 11.6 Å². The summed E-state index contributed by atoms with van der Waals surface area (Å²) < 4.78 is 41.7. The van der Waals surface area contributed by atoms with E-state index in [2.05, 4.69) is 0 Å². The van der Waals surface area contributed by atoms with E-state index >= 15 is 0 Å². The fourth-order valence-electron chi connectivity index (χ4n) is 1.48. The summed E-state index contributed by atoms with van der Waals surface area (Å²) in [6.45, 7) is 0. The van der Waals surface area contributed by atoms with Crippen molar-refractivity contribution in [2.24, 2.45) is 0 Å². The Morgan fingerprint density at radius 1 is 1.29 bits per heavy atom. The normalized spacial score (nSPS) is 11.4. The first-order valence-electron chi connectivity index (χ1n) is 4.72. The minimum atomic E-state index is -4.33. The van der Waals surface area contributed by atoms with Crippen LogP contribution in [-0.4, -0.2) is 20.1 Å². The zero-order chi connectivity index (χ0) is 12.5. The summed E-state index contributed by atoms with van der Waals surface area (Å²) in [6, 6.07) is 7.59. The molecule has 17 heavy (non-hydrogen) atoms. The Kier molecular flexibility index (Phi) is 2.91. The van der Waals surface area contributed by atoms with Crippen molar-refractivity contribution in [3.05, 3.63) is 36.6 Å². The molecule has 0 bridgehead atoms. The average Bonchev–Trinajstić information content (AvgIpc) is 2.80. The van der Waals surface area contributed by atoms with Crippen LogP contribution >= 0.6 is 0 Å². The van der Waals surface area contributed by atoms with E-state index in [1.165, 1.54) is 25.5 Å². The van der Waals surface area contributed by atoms with Crippen molar-refractivity contribution in [3.8, 4) is 17.1 Å². The van der Waals surface area contributed by atoms with Gasteiger partial charge in [-0.1, -0.05) is 0 Å². The van der Waals surface area contributed by atoms with Gasteiger partial charge in [-0.2, -0.15) is 8.42 Å². The molecule has 1 aromatic carbocycles. The molecule has 1 N–H and O–H groups in total. The second kappa shape index (κ2) is 4.23. The van der Waals surface area contributed by atoms with Gasteiger partial charge in [0.15, 0.2) is 0 Å². The summed E-state index contributed by atoms with van der Waals surface area (Å²) in [4.78, 5) is -0.244. The van der Waals surface area contributed by atoms with Gasteiger partial charge in [0.1, 0.15) is 16.4 Å². The fourth-order valence-corrected chi connectivity index (χ4v) is 2.19. The minimum Gasteiger partial charge on any atom is -0.497 e. The Hall–Kier alpha value is -1.79. The van der Waals surface area contributed by atoms with Crippen molar-refractivity contribution in [1.29, 1.82) is 0 Å². The maximum atomic E-state index is 11.3. The van der Waals surface area contributed by atoms with Crippen LogP contribution < -0.4 is 4.74 Å². The summed E-state index contributed by atoms with van der Waals surface area (Å²) >= 11 is 0. The van der Waals surface area contributed by atoms with Gasteiger partial charge in [0.05, 0.1) is 13.4 Å². The Bertz CT molecular complexity index is 613. The second-order valence-electron chi connectivity index (χ2n) is 3.31. The van der Waals surface area contributed by atoms with Crippen LogP contribution in [0.3, 0.4) is 0 Å². The van der Waals surface area contributed by atoms with Crippen molar-refractivity contribution in [2.75, 3.05) is 7.11 Å². The van der Waals surface area contributed by atoms with Crippen LogP contribution in [0.5, 0.6) is 5.75 Å². The van der Waals surface area contributed by atoms with E-state index in [-0.39, 0.29) is 4.90 Å². The molecule has 0 saturated heterocycles. The molecule has 0 fully saturated rings. The van der Waals surface area contributed by atoms with E-state index in [4.69, 9.17) is 13.7 Å². The topological polar surface area (TPSA) is 76.7 Å².